The Bertz CT molecular complexity index is 396. The van der Waals surface area contributed by atoms with E-state index in [0.717, 1.165) is 18.2 Å². The Labute approximate surface area is 99.2 Å². The van der Waals surface area contributed by atoms with Crippen LogP contribution in [0.3, 0.4) is 0 Å². The number of amides is 1. The molecule has 1 aromatic carbocycles. The zero-order chi connectivity index (χ0) is 12.8. The monoisotopic (exact) mass is 242 g/mol. The molecule has 1 atom stereocenters. The third-order valence-corrected chi connectivity index (χ3v) is 2.46. The van der Waals surface area contributed by atoms with Crippen molar-refractivity contribution in [2.24, 2.45) is 0 Å². The van der Waals surface area contributed by atoms with Gasteiger partial charge >= 0.3 is 0 Å². The summed E-state index contributed by atoms with van der Waals surface area (Å²) >= 11 is 0. The zero-order valence-corrected chi connectivity index (χ0v) is 9.89. The summed E-state index contributed by atoms with van der Waals surface area (Å²) in [6.45, 7) is 2.36. The van der Waals surface area contributed by atoms with Crippen molar-refractivity contribution in [3.63, 3.8) is 0 Å². The summed E-state index contributed by atoms with van der Waals surface area (Å²) in [7, 11) is 1.78. The summed E-state index contributed by atoms with van der Waals surface area (Å²) in [4.78, 5) is 11.5. The molecule has 1 aromatic rings. The number of likely N-dealkylation sites (N-methyl/N-ethyl adjacent to an activating group) is 1. The van der Waals surface area contributed by atoms with Gasteiger partial charge in [0.25, 0.3) is 0 Å². The van der Waals surface area contributed by atoms with Gasteiger partial charge in [0.15, 0.2) is 0 Å². The van der Waals surface area contributed by atoms with Crippen LogP contribution in [0.5, 0.6) is 0 Å². The van der Waals surface area contributed by atoms with E-state index < -0.39 is 11.6 Å². The summed E-state index contributed by atoms with van der Waals surface area (Å²) in [6.07, 6.45) is -0.153. The SMILES string of the molecule is CNC(C)CNC(=O)Cc1cc(F)ccc1F. The summed E-state index contributed by atoms with van der Waals surface area (Å²) in [5.41, 5.74) is 0.0691. The van der Waals surface area contributed by atoms with Crippen LogP contribution in [0.2, 0.25) is 0 Å². The minimum Gasteiger partial charge on any atom is -0.354 e. The van der Waals surface area contributed by atoms with Crippen LogP contribution in [0.25, 0.3) is 0 Å². The molecule has 0 saturated heterocycles. The molecule has 0 aromatic heterocycles. The molecule has 0 aliphatic heterocycles. The molecule has 1 rings (SSSR count). The van der Waals surface area contributed by atoms with Crippen LogP contribution in [-0.4, -0.2) is 25.5 Å². The van der Waals surface area contributed by atoms with Gasteiger partial charge in [0.2, 0.25) is 5.91 Å². The van der Waals surface area contributed by atoms with Gasteiger partial charge < -0.3 is 10.6 Å². The van der Waals surface area contributed by atoms with Crippen molar-refractivity contribution in [3.05, 3.63) is 35.4 Å². The molecule has 0 fully saturated rings. The van der Waals surface area contributed by atoms with Crippen LogP contribution in [0.15, 0.2) is 18.2 Å². The van der Waals surface area contributed by atoms with Crippen LogP contribution >= 0.6 is 0 Å². The molecule has 5 heteroatoms. The van der Waals surface area contributed by atoms with E-state index in [1.54, 1.807) is 7.05 Å². The van der Waals surface area contributed by atoms with E-state index >= 15 is 0 Å². The molecule has 17 heavy (non-hydrogen) atoms. The number of carbonyl (C=O) groups is 1. The highest BCUT2D eigenvalue weighted by Gasteiger charge is 2.09. The standard InChI is InChI=1S/C12H16F2N2O/c1-8(15-2)7-16-12(17)6-9-5-10(13)3-4-11(9)14/h3-5,8,15H,6-7H2,1-2H3,(H,16,17). The van der Waals surface area contributed by atoms with Gasteiger partial charge in [-0.2, -0.15) is 0 Å². The fourth-order valence-corrected chi connectivity index (χ4v) is 1.28. The molecule has 0 aliphatic carbocycles. The van der Waals surface area contributed by atoms with Gasteiger partial charge in [-0.05, 0) is 32.2 Å². The lowest BCUT2D eigenvalue weighted by Gasteiger charge is -2.11. The van der Waals surface area contributed by atoms with Crippen molar-refractivity contribution in [3.8, 4) is 0 Å². The molecule has 1 unspecified atom stereocenters. The molecule has 2 N–H and O–H groups in total. The molecular weight excluding hydrogens is 226 g/mol. The van der Waals surface area contributed by atoms with E-state index in [-0.39, 0.29) is 23.9 Å². The van der Waals surface area contributed by atoms with Gasteiger partial charge in [0.05, 0.1) is 6.42 Å². The van der Waals surface area contributed by atoms with E-state index in [4.69, 9.17) is 0 Å². The van der Waals surface area contributed by atoms with Crippen LogP contribution < -0.4 is 10.6 Å². The molecule has 0 bridgehead atoms. The van der Waals surface area contributed by atoms with E-state index in [1.165, 1.54) is 0 Å². The lowest BCUT2D eigenvalue weighted by molar-refractivity contribution is -0.120. The highest BCUT2D eigenvalue weighted by atomic mass is 19.1. The number of hydrogen-bond donors (Lipinski definition) is 2. The van der Waals surface area contributed by atoms with Crippen LogP contribution in [0.4, 0.5) is 8.78 Å². The van der Waals surface area contributed by atoms with Gasteiger partial charge in [-0.15, -0.1) is 0 Å². The van der Waals surface area contributed by atoms with E-state index in [2.05, 4.69) is 10.6 Å². The topological polar surface area (TPSA) is 41.1 Å². The maximum absolute atomic E-state index is 13.2. The minimum absolute atomic E-state index is 0.0691. The number of benzene rings is 1. The minimum atomic E-state index is -0.566. The number of nitrogens with one attached hydrogen (secondary N) is 2. The van der Waals surface area contributed by atoms with Crippen LogP contribution in [0, 0.1) is 11.6 Å². The Morgan fingerprint density at radius 1 is 1.41 bits per heavy atom. The van der Waals surface area contributed by atoms with Crippen molar-refractivity contribution in [1.82, 2.24) is 10.6 Å². The van der Waals surface area contributed by atoms with Gasteiger partial charge in [0, 0.05) is 18.2 Å². The Morgan fingerprint density at radius 3 is 2.76 bits per heavy atom. The highest BCUT2D eigenvalue weighted by molar-refractivity contribution is 5.78. The fraction of sp³-hybridized carbons (Fsp3) is 0.417. The highest BCUT2D eigenvalue weighted by Crippen LogP contribution is 2.10. The molecular formula is C12H16F2N2O. The van der Waals surface area contributed by atoms with Crippen molar-refractivity contribution in [1.29, 1.82) is 0 Å². The molecule has 94 valence electrons. The van der Waals surface area contributed by atoms with Crippen molar-refractivity contribution < 1.29 is 13.6 Å². The van der Waals surface area contributed by atoms with E-state index in [0.29, 0.717) is 6.54 Å². The van der Waals surface area contributed by atoms with Gasteiger partial charge in [-0.25, -0.2) is 8.78 Å². The van der Waals surface area contributed by atoms with Gasteiger partial charge in [-0.1, -0.05) is 0 Å². The Morgan fingerprint density at radius 2 is 2.12 bits per heavy atom. The first-order chi connectivity index (χ1) is 8.02. The summed E-state index contributed by atoms with van der Waals surface area (Å²) in [6, 6.07) is 3.22. The normalized spacial score (nSPS) is 12.2. The third-order valence-electron chi connectivity index (χ3n) is 2.46. The zero-order valence-electron chi connectivity index (χ0n) is 9.89. The second kappa shape index (κ2) is 6.30. The van der Waals surface area contributed by atoms with Gasteiger partial charge in [0.1, 0.15) is 11.6 Å². The lowest BCUT2D eigenvalue weighted by atomic mass is 10.1. The molecule has 0 heterocycles. The smallest absolute Gasteiger partial charge is 0.224 e. The average Bonchev–Trinajstić information content (AvgIpc) is 2.30. The molecule has 0 saturated carbocycles. The largest absolute Gasteiger partial charge is 0.354 e. The van der Waals surface area contributed by atoms with Gasteiger partial charge in [-0.3, -0.25) is 4.79 Å². The molecule has 1 amide bonds. The van der Waals surface area contributed by atoms with E-state index in [9.17, 15) is 13.6 Å². The first-order valence-corrected chi connectivity index (χ1v) is 5.41. The molecule has 0 aliphatic rings. The maximum Gasteiger partial charge on any atom is 0.224 e. The van der Waals surface area contributed by atoms with E-state index in [1.807, 2.05) is 6.92 Å². The predicted molar refractivity (Wildman–Crippen MR) is 61.6 cm³/mol. The summed E-state index contributed by atoms with van der Waals surface area (Å²) < 4.78 is 26.1. The predicted octanol–water partition coefficient (Wildman–Crippen LogP) is 1.23. The second-order valence-corrected chi connectivity index (χ2v) is 3.91. The lowest BCUT2D eigenvalue weighted by Crippen LogP contribution is -2.37. The Balaban J connectivity index is 2.53. The van der Waals surface area contributed by atoms with Crippen LogP contribution in [0.1, 0.15) is 12.5 Å². The number of halogens is 2. The number of rotatable bonds is 5. The van der Waals surface area contributed by atoms with Crippen molar-refractivity contribution in [2.75, 3.05) is 13.6 Å². The van der Waals surface area contributed by atoms with Crippen molar-refractivity contribution in [2.45, 2.75) is 19.4 Å². The first kappa shape index (κ1) is 13.6. The number of hydrogen-bond acceptors (Lipinski definition) is 2. The molecule has 3 nitrogen and oxygen atoms in total. The molecule has 0 spiro atoms. The maximum atomic E-state index is 13.2. The second-order valence-electron chi connectivity index (χ2n) is 3.91. The fourth-order valence-electron chi connectivity index (χ4n) is 1.28. The number of carbonyl (C=O) groups excluding carboxylic acids is 1. The van der Waals surface area contributed by atoms with Crippen molar-refractivity contribution >= 4 is 5.91 Å². The van der Waals surface area contributed by atoms with Crippen LogP contribution in [-0.2, 0) is 11.2 Å². The average molecular weight is 242 g/mol. The molecule has 0 radical (unpaired) electrons. The Kier molecular flexibility index (Phi) is 5.03. The summed E-state index contributed by atoms with van der Waals surface area (Å²) in [5, 5.41) is 5.59. The first-order valence-electron chi connectivity index (χ1n) is 5.41. The Hall–Kier alpha value is -1.49. The quantitative estimate of drug-likeness (QED) is 0.815. The summed E-state index contributed by atoms with van der Waals surface area (Å²) in [5.74, 6) is -1.43. The third kappa shape index (κ3) is 4.48.